The number of alkyl halides is 5. The number of nitriles is 1. The van der Waals surface area contributed by atoms with E-state index in [2.05, 4.69) is 25.6 Å². The minimum atomic E-state index is -4.82. The van der Waals surface area contributed by atoms with Gasteiger partial charge in [0, 0.05) is 11.3 Å². The van der Waals surface area contributed by atoms with Crippen molar-refractivity contribution in [2.24, 2.45) is 0 Å². The van der Waals surface area contributed by atoms with Crippen LogP contribution in [-0.2, 0) is 0 Å². The second-order valence-corrected chi connectivity index (χ2v) is 5.30. The Morgan fingerprint density at radius 2 is 1.82 bits per heavy atom. The largest absolute Gasteiger partial charge is 0.573 e. The molecular weight excluding hydrogens is 387 g/mol. The number of ether oxygens (including phenoxy) is 1. The summed E-state index contributed by atoms with van der Waals surface area (Å²) in [6, 6.07) is 10.1. The van der Waals surface area contributed by atoms with Gasteiger partial charge in [-0.15, -0.1) is 13.2 Å². The molecule has 12 heteroatoms. The van der Waals surface area contributed by atoms with Crippen LogP contribution in [0.5, 0.6) is 5.75 Å². The molecular formula is C16H9F5N6O. The molecule has 0 spiro atoms. The summed E-state index contributed by atoms with van der Waals surface area (Å²) in [5.74, 6) is -0.401. The molecule has 0 atom stereocenters. The van der Waals surface area contributed by atoms with Crippen LogP contribution in [0.3, 0.4) is 0 Å². The van der Waals surface area contributed by atoms with Crippen LogP contribution in [0, 0.1) is 11.3 Å². The monoisotopic (exact) mass is 396 g/mol. The lowest BCUT2D eigenvalue weighted by Gasteiger charge is -2.11. The number of hydrogen-bond donors (Lipinski definition) is 1. The number of tetrazole rings is 1. The highest BCUT2D eigenvalue weighted by Crippen LogP contribution is 2.28. The Balaban J connectivity index is 1.85. The molecule has 2 aromatic carbocycles. The summed E-state index contributed by atoms with van der Waals surface area (Å²) in [4.78, 5) is 0. The van der Waals surface area contributed by atoms with Gasteiger partial charge in [-0.2, -0.15) is 9.94 Å². The number of nitrogens with zero attached hydrogens (tertiary/aromatic N) is 5. The Morgan fingerprint density at radius 3 is 2.43 bits per heavy atom. The minimum Gasteiger partial charge on any atom is -0.406 e. The molecule has 144 valence electrons. The van der Waals surface area contributed by atoms with E-state index >= 15 is 0 Å². The number of nitrogens with one attached hydrogen (secondary N) is 1. The maximum absolute atomic E-state index is 13.1. The van der Waals surface area contributed by atoms with Crippen LogP contribution in [0.25, 0.3) is 5.69 Å². The van der Waals surface area contributed by atoms with Gasteiger partial charge < -0.3 is 10.1 Å². The van der Waals surface area contributed by atoms with E-state index in [-0.39, 0.29) is 17.2 Å². The Bertz CT molecular complexity index is 1010. The summed E-state index contributed by atoms with van der Waals surface area (Å²) in [5.41, 5.74) is -0.132. The first kappa shape index (κ1) is 19.0. The summed E-state index contributed by atoms with van der Waals surface area (Å²) in [5, 5.41) is 22.5. The van der Waals surface area contributed by atoms with Crippen molar-refractivity contribution in [2.75, 3.05) is 5.32 Å². The van der Waals surface area contributed by atoms with Crippen molar-refractivity contribution in [1.29, 1.82) is 5.26 Å². The van der Waals surface area contributed by atoms with Crippen molar-refractivity contribution in [3.05, 3.63) is 53.6 Å². The average molecular weight is 396 g/mol. The van der Waals surface area contributed by atoms with Gasteiger partial charge in [-0.05, 0) is 52.9 Å². The van der Waals surface area contributed by atoms with E-state index in [4.69, 9.17) is 5.26 Å². The maximum atomic E-state index is 13.1. The van der Waals surface area contributed by atoms with Gasteiger partial charge in [0.1, 0.15) is 5.75 Å². The lowest BCUT2D eigenvalue weighted by atomic mass is 10.1. The molecule has 1 heterocycles. The van der Waals surface area contributed by atoms with Crippen molar-refractivity contribution in [1.82, 2.24) is 20.2 Å². The van der Waals surface area contributed by atoms with Crippen molar-refractivity contribution >= 4 is 11.6 Å². The minimum absolute atomic E-state index is 0.0226. The second kappa shape index (κ2) is 7.47. The quantitative estimate of drug-likeness (QED) is 0.653. The Hall–Kier alpha value is -3.75. The van der Waals surface area contributed by atoms with Gasteiger partial charge in [0.25, 0.3) is 12.4 Å². The van der Waals surface area contributed by atoms with Crippen molar-refractivity contribution in [3.63, 3.8) is 0 Å². The van der Waals surface area contributed by atoms with E-state index in [1.165, 1.54) is 24.3 Å². The third-order valence-corrected chi connectivity index (χ3v) is 3.45. The predicted molar refractivity (Wildman–Crippen MR) is 85.2 cm³/mol. The topological polar surface area (TPSA) is 88.7 Å². The van der Waals surface area contributed by atoms with Crippen LogP contribution < -0.4 is 10.1 Å². The highest BCUT2D eigenvalue weighted by Gasteiger charge is 2.31. The number of hydrogen-bond acceptors (Lipinski definition) is 6. The molecule has 0 aliphatic carbocycles. The van der Waals surface area contributed by atoms with E-state index in [1.54, 1.807) is 6.07 Å². The van der Waals surface area contributed by atoms with Gasteiger partial charge in [0.15, 0.2) is 0 Å². The van der Waals surface area contributed by atoms with Gasteiger partial charge in [-0.25, -0.2) is 8.78 Å². The normalized spacial score (nSPS) is 11.3. The summed E-state index contributed by atoms with van der Waals surface area (Å²) in [6.45, 7) is 0. The molecule has 0 amide bonds. The first-order valence-corrected chi connectivity index (χ1v) is 7.50. The van der Waals surface area contributed by atoms with Crippen LogP contribution >= 0.6 is 0 Å². The molecule has 0 radical (unpaired) electrons. The highest BCUT2D eigenvalue weighted by molar-refractivity contribution is 5.59. The molecule has 1 N–H and O–H groups in total. The molecule has 28 heavy (non-hydrogen) atoms. The smallest absolute Gasteiger partial charge is 0.406 e. The zero-order valence-corrected chi connectivity index (χ0v) is 13.7. The zero-order valence-electron chi connectivity index (χ0n) is 13.7. The summed E-state index contributed by atoms with van der Waals surface area (Å²) >= 11 is 0. The predicted octanol–water partition coefficient (Wildman–Crippen LogP) is 4.11. The molecule has 3 aromatic rings. The van der Waals surface area contributed by atoms with Gasteiger partial charge in [0.2, 0.25) is 0 Å². The van der Waals surface area contributed by atoms with Gasteiger partial charge in [-0.1, -0.05) is 5.10 Å². The maximum Gasteiger partial charge on any atom is 0.573 e. The number of aromatic nitrogens is 4. The third-order valence-electron chi connectivity index (χ3n) is 3.45. The Labute approximate surface area is 154 Å². The zero-order chi connectivity index (χ0) is 20.3. The number of halogens is 5. The fourth-order valence-corrected chi connectivity index (χ4v) is 2.28. The van der Waals surface area contributed by atoms with Crippen LogP contribution in [0.4, 0.5) is 33.6 Å². The lowest BCUT2D eigenvalue weighted by molar-refractivity contribution is -0.274. The standard InChI is InChI=1S/C16H9F5N6O/c17-14(18)13-7-10(2-1-9(13)8-22)23-15-24-25-26-27(15)11-3-5-12(6-4-11)28-16(19,20)21/h1-7,14H,(H,23,24,26). The lowest BCUT2D eigenvalue weighted by Crippen LogP contribution is -2.17. The van der Waals surface area contributed by atoms with E-state index in [1.807, 2.05) is 0 Å². The van der Waals surface area contributed by atoms with Crippen LogP contribution in [0.15, 0.2) is 42.5 Å². The molecule has 1 aromatic heterocycles. The summed E-state index contributed by atoms with van der Waals surface area (Å²) in [6.07, 6.45) is -7.67. The molecule has 0 bridgehead atoms. The van der Waals surface area contributed by atoms with E-state index in [9.17, 15) is 22.0 Å². The van der Waals surface area contributed by atoms with Gasteiger partial charge in [0.05, 0.1) is 17.3 Å². The molecule has 0 aliphatic heterocycles. The van der Waals surface area contributed by atoms with Crippen LogP contribution in [-0.4, -0.2) is 26.6 Å². The highest BCUT2D eigenvalue weighted by atomic mass is 19.4. The van der Waals surface area contributed by atoms with E-state index < -0.39 is 24.1 Å². The summed E-state index contributed by atoms with van der Waals surface area (Å²) in [7, 11) is 0. The molecule has 0 aliphatic rings. The second-order valence-electron chi connectivity index (χ2n) is 5.30. The molecule has 0 fully saturated rings. The Morgan fingerprint density at radius 1 is 1.11 bits per heavy atom. The molecule has 0 saturated heterocycles. The van der Waals surface area contributed by atoms with Crippen molar-refractivity contribution in [3.8, 4) is 17.5 Å². The van der Waals surface area contributed by atoms with Crippen molar-refractivity contribution in [2.45, 2.75) is 12.8 Å². The number of anilines is 2. The fraction of sp³-hybridized carbons (Fsp3) is 0.125. The first-order chi connectivity index (χ1) is 13.3. The molecule has 3 rings (SSSR count). The summed E-state index contributed by atoms with van der Waals surface area (Å²) < 4.78 is 67.7. The van der Waals surface area contributed by atoms with E-state index in [0.717, 1.165) is 22.9 Å². The Kier molecular flexibility index (Phi) is 5.08. The first-order valence-electron chi connectivity index (χ1n) is 7.50. The van der Waals surface area contributed by atoms with Crippen LogP contribution in [0.1, 0.15) is 17.6 Å². The van der Waals surface area contributed by atoms with Crippen LogP contribution in [0.2, 0.25) is 0 Å². The molecule has 7 nitrogen and oxygen atoms in total. The molecule has 0 unspecified atom stereocenters. The number of rotatable bonds is 5. The fourth-order valence-electron chi connectivity index (χ4n) is 2.28. The van der Waals surface area contributed by atoms with Crippen molar-refractivity contribution < 1.29 is 26.7 Å². The number of benzene rings is 2. The SMILES string of the molecule is N#Cc1ccc(Nc2nnnn2-c2ccc(OC(F)(F)F)cc2)cc1C(F)F. The average Bonchev–Trinajstić information content (AvgIpc) is 3.09. The van der Waals surface area contributed by atoms with Gasteiger partial charge >= 0.3 is 6.36 Å². The third kappa shape index (κ3) is 4.32. The molecule has 0 saturated carbocycles. The van der Waals surface area contributed by atoms with Gasteiger partial charge in [-0.3, -0.25) is 0 Å². The van der Waals surface area contributed by atoms with E-state index in [0.29, 0.717) is 5.69 Å².